The van der Waals surface area contributed by atoms with Crippen molar-refractivity contribution in [1.82, 2.24) is 19.2 Å². The van der Waals surface area contributed by atoms with Crippen LogP contribution < -0.4 is 0 Å². The van der Waals surface area contributed by atoms with Crippen LogP contribution in [0.25, 0.3) is 5.65 Å². The number of aryl methyl sites for hydroxylation is 1. The maximum atomic E-state index is 12.8. The average molecular weight is 427 g/mol. The number of pyridine rings is 1. The molecule has 0 N–H and O–H groups in total. The first kappa shape index (κ1) is 20.2. The van der Waals surface area contributed by atoms with Gasteiger partial charge in [-0.2, -0.15) is 0 Å². The molecule has 1 atom stereocenters. The Morgan fingerprint density at radius 1 is 1.30 bits per heavy atom. The average Bonchev–Trinajstić information content (AvgIpc) is 3.13. The van der Waals surface area contributed by atoms with Crippen molar-refractivity contribution in [1.29, 1.82) is 0 Å². The first-order chi connectivity index (χ1) is 12.8. The summed E-state index contributed by atoms with van der Waals surface area (Å²) in [5.41, 5.74) is 3.21. The fraction of sp³-hybridized carbons (Fsp3) is 0.389. The molecule has 144 valence electrons. The van der Waals surface area contributed by atoms with Gasteiger partial charge in [-0.3, -0.25) is 9.20 Å². The van der Waals surface area contributed by atoms with Crippen molar-refractivity contribution < 1.29 is 9.53 Å². The molecule has 3 heterocycles. The normalized spacial score (nSPS) is 12.7. The molecule has 3 aromatic rings. The number of fused-ring (bicyclic) bond motifs is 1. The number of ketones is 1. The predicted molar refractivity (Wildman–Crippen MR) is 109 cm³/mol. The Bertz CT molecular complexity index is 999. The molecule has 6 nitrogen and oxygen atoms in total. The lowest BCUT2D eigenvalue weighted by molar-refractivity contribution is 0.102. The number of Topliss-reactive ketones (excluding diaryl/α,β-unsaturated/α-hetero) is 1. The highest BCUT2D eigenvalue weighted by Crippen LogP contribution is 2.27. The number of nitrogens with zero attached hydrogens (tertiary/aromatic N) is 4. The quantitative estimate of drug-likeness (QED) is 0.406. The third-order valence-electron chi connectivity index (χ3n) is 4.36. The van der Waals surface area contributed by atoms with Crippen LogP contribution in [0.15, 0.2) is 23.5 Å². The molecule has 0 amide bonds. The van der Waals surface area contributed by atoms with Gasteiger partial charge in [0, 0.05) is 30.3 Å². The van der Waals surface area contributed by atoms with Gasteiger partial charge in [-0.05, 0) is 32.9 Å². The van der Waals surface area contributed by atoms with Crippen LogP contribution >= 0.6 is 35.0 Å². The lowest BCUT2D eigenvalue weighted by atomic mass is 10.2. The van der Waals surface area contributed by atoms with E-state index in [2.05, 4.69) is 21.7 Å². The largest absolute Gasteiger partial charge is 0.383 e. The Balaban J connectivity index is 1.80. The number of carbonyl (C=O) groups is 1. The summed E-state index contributed by atoms with van der Waals surface area (Å²) in [6.07, 6.45) is 1.69. The number of hydrogen-bond donors (Lipinski definition) is 0. The summed E-state index contributed by atoms with van der Waals surface area (Å²) in [5, 5.41) is 9.66. The number of methoxy groups -OCH3 is 1. The van der Waals surface area contributed by atoms with Gasteiger partial charge >= 0.3 is 0 Å². The summed E-state index contributed by atoms with van der Waals surface area (Å²) in [6.45, 7) is 6.62. The molecular weight excluding hydrogens is 407 g/mol. The van der Waals surface area contributed by atoms with Crippen LogP contribution in [0.2, 0.25) is 10.0 Å². The first-order valence-electron chi connectivity index (χ1n) is 8.36. The predicted octanol–water partition coefficient (Wildman–Crippen LogP) is 4.64. The van der Waals surface area contributed by atoms with Crippen LogP contribution in [0.1, 0.15) is 34.7 Å². The van der Waals surface area contributed by atoms with Gasteiger partial charge in [-0.15, -0.1) is 10.2 Å². The molecule has 1 unspecified atom stereocenters. The van der Waals surface area contributed by atoms with E-state index < -0.39 is 0 Å². The monoisotopic (exact) mass is 426 g/mol. The SMILES string of the molecule is COCC(C)n1c(C)cc(C(=O)CSc2nnc3c(Cl)cc(Cl)cn23)c1C. The minimum absolute atomic E-state index is 0.0360. The summed E-state index contributed by atoms with van der Waals surface area (Å²) < 4.78 is 9.08. The Morgan fingerprint density at radius 2 is 2.04 bits per heavy atom. The van der Waals surface area contributed by atoms with Crippen LogP contribution in [0.5, 0.6) is 0 Å². The molecule has 9 heteroatoms. The molecule has 0 fully saturated rings. The number of thioether (sulfide) groups is 1. The van der Waals surface area contributed by atoms with E-state index in [9.17, 15) is 4.79 Å². The van der Waals surface area contributed by atoms with E-state index >= 15 is 0 Å². The minimum Gasteiger partial charge on any atom is -0.383 e. The van der Waals surface area contributed by atoms with Crippen molar-refractivity contribution in [3.05, 3.63) is 45.3 Å². The Morgan fingerprint density at radius 3 is 2.74 bits per heavy atom. The van der Waals surface area contributed by atoms with Gasteiger partial charge in [-0.1, -0.05) is 35.0 Å². The highest BCUT2D eigenvalue weighted by Gasteiger charge is 2.20. The molecule has 0 saturated heterocycles. The third kappa shape index (κ3) is 4.01. The molecule has 3 rings (SSSR count). The fourth-order valence-corrected chi connectivity index (χ4v) is 4.56. The second-order valence-corrected chi connectivity index (χ2v) is 8.14. The van der Waals surface area contributed by atoms with Crippen LogP contribution in [-0.4, -0.2) is 44.4 Å². The first-order valence-corrected chi connectivity index (χ1v) is 10.1. The number of aromatic nitrogens is 4. The molecule has 27 heavy (non-hydrogen) atoms. The second kappa shape index (κ2) is 8.22. The zero-order chi connectivity index (χ0) is 19.7. The summed E-state index contributed by atoms with van der Waals surface area (Å²) in [7, 11) is 1.68. The molecule has 0 spiro atoms. The Labute approximate surface area is 171 Å². The van der Waals surface area contributed by atoms with E-state index in [0.29, 0.717) is 33.0 Å². The Kier molecular flexibility index (Phi) is 6.15. The molecule has 0 aromatic carbocycles. The fourth-order valence-electron chi connectivity index (χ4n) is 3.26. The van der Waals surface area contributed by atoms with Crippen LogP contribution in [0.3, 0.4) is 0 Å². The standard InChI is InChI=1S/C18H20Cl2N4O2S/c1-10-5-14(12(3)24(10)11(2)8-26-4)16(25)9-27-18-22-21-17-15(20)6-13(19)7-23(17)18/h5-7,11H,8-9H2,1-4H3. The lowest BCUT2D eigenvalue weighted by Gasteiger charge is -2.17. The van der Waals surface area contributed by atoms with Gasteiger partial charge < -0.3 is 9.30 Å². The maximum absolute atomic E-state index is 12.8. The van der Waals surface area contributed by atoms with E-state index in [0.717, 1.165) is 11.4 Å². The van der Waals surface area contributed by atoms with E-state index in [1.54, 1.807) is 23.8 Å². The number of halogens is 2. The molecule has 0 bridgehead atoms. The van der Waals surface area contributed by atoms with Crippen molar-refractivity contribution in [3.63, 3.8) is 0 Å². The van der Waals surface area contributed by atoms with E-state index in [-0.39, 0.29) is 17.6 Å². The molecule has 3 aromatic heterocycles. The Hall–Kier alpha value is -1.54. The lowest BCUT2D eigenvalue weighted by Crippen LogP contribution is -2.14. The second-order valence-electron chi connectivity index (χ2n) is 6.35. The third-order valence-corrected chi connectivity index (χ3v) is 5.79. The smallest absolute Gasteiger partial charge is 0.196 e. The molecule has 0 saturated carbocycles. The van der Waals surface area contributed by atoms with E-state index in [1.807, 2.05) is 19.9 Å². The minimum atomic E-state index is 0.0360. The van der Waals surface area contributed by atoms with Crippen LogP contribution in [-0.2, 0) is 4.74 Å². The van der Waals surface area contributed by atoms with Crippen molar-refractivity contribution in [2.24, 2.45) is 0 Å². The summed E-state index contributed by atoms with van der Waals surface area (Å²) in [5.74, 6) is 0.280. The zero-order valence-electron chi connectivity index (χ0n) is 15.5. The highest BCUT2D eigenvalue weighted by molar-refractivity contribution is 7.99. The number of rotatable bonds is 7. The van der Waals surface area contributed by atoms with Crippen molar-refractivity contribution in [3.8, 4) is 0 Å². The van der Waals surface area contributed by atoms with Crippen molar-refractivity contribution >= 4 is 46.4 Å². The number of ether oxygens (including phenoxy) is 1. The molecule has 0 radical (unpaired) electrons. The van der Waals surface area contributed by atoms with Gasteiger partial charge in [0.2, 0.25) is 0 Å². The summed E-state index contributed by atoms with van der Waals surface area (Å²) in [4.78, 5) is 12.8. The van der Waals surface area contributed by atoms with Crippen LogP contribution in [0, 0.1) is 13.8 Å². The van der Waals surface area contributed by atoms with E-state index in [4.69, 9.17) is 27.9 Å². The zero-order valence-corrected chi connectivity index (χ0v) is 17.8. The van der Waals surface area contributed by atoms with Gasteiger partial charge in [0.25, 0.3) is 0 Å². The van der Waals surface area contributed by atoms with Gasteiger partial charge in [0.05, 0.1) is 28.4 Å². The maximum Gasteiger partial charge on any atom is 0.196 e. The topological polar surface area (TPSA) is 61.4 Å². The number of carbonyl (C=O) groups excluding carboxylic acids is 1. The summed E-state index contributed by atoms with van der Waals surface area (Å²) in [6, 6.07) is 3.71. The molecule has 0 aliphatic heterocycles. The highest BCUT2D eigenvalue weighted by atomic mass is 35.5. The van der Waals surface area contributed by atoms with Crippen molar-refractivity contribution in [2.75, 3.05) is 19.5 Å². The number of hydrogen-bond acceptors (Lipinski definition) is 5. The molecule has 0 aliphatic carbocycles. The van der Waals surface area contributed by atoms with Crippen molar-refractivity contribution in [2.45, 2.75) is 32.0 Å². The van der Waals surface area contributed by atoms with Gasteiger partial charge in [0.15, 0.2) is 16.6 Å². The summed E-state index contributed by atoms with van der Waals surface area (Å²) >= 11 is 13.5. The molecule has 0 aliphatic rings. The van der Waals surface area contributed by atoms with E-state index in [1.165, 1.54) is 11.8 Å². The van der Waals surface area contributed by atoms with Gasteiger partial charge in [-0.25, -0.2) is 0 Å². The van der Waals surface area contributed by atoms with Gasteiger partial charge in [0.1, 0.15) is 0 Å². The van der Waals surface area contributed by atoms with Crippen LogP contribution in [0.4, 0.5) is 0 Å². The molecular formula is C18H20Cl2N4O2S.